The van der Waals surface area contributed by atoms with E-state index in [-0.39, 0.29) is 11.9 Å². The van der Waals surface area contributed by atoms with Gasteiger partial charge in [-0.15, -0.1) is 0 Å². The Hall–Kier alpha value is -0.890. The number of rotatable bonds is 3. The molecular formula is C16H24FN. The molecule has 3 unspecified atom stereocenters. The summed E-state index contributed by atoms with van der Waals surface area (Å²) < 4.78 is 13.2. The highest BCUT2D eigenvalue weighted by Crippen LogP contribution is 2.30. The molecular weight excluding hydrogens is 225 g/mol. The van der Waals surface area contributed by atoms with E-state index >= 15 is 0 Å². The number of benzene rings is 1. The van der Waals surface area contributed by atoms with Crippen molar-refractivity contribution >= 4 is 0 Å². The SMILES string of the molecule is CC1CCC(N[C@@H](C)c2cccc(F)c2)C(C)C1. The van der Waals surface area contributed by atoms with Gasteiger partial charge in [-0.05, 0) is 55.7 Å². The molecule has 2 rings (SSSR count). The third kappa shape index (κ3) is 3.32. The highest BCUT2D eigenvalue weighted by atomic mass is 19.1. The molecule has 0 aliphatic heterocycles. The summed E-state index contributed by atoms with van der Waals surface area (Å²) in [6.07, 6.45) is 3.84. The van der Waals surface area contributed by atoms with Crippen LogP contribution in [0.25, 0.3) is 0 Å². The molecule has 0 radical (unpaired) electrons. The van der Waals surface area contributed by atoms with Crippen LogP contribution in [0.3, 0.4) is 0 Å². The summed E-state index contributed by atoms with van der Waals surface area (Å²) in [5.41, 5.74) is 1.04. The maximum atomic E-state index is 13.2. The summed E-state index contributed by atoms with van der Waals surface area (Å²) in [5.74, 6) is 1.42. The molecule has 1 saturated carbocycles. The van der Waals surface area contributed by atoms with Gasteiger partial charge < -0.3 is 5.32 Å². The fourth-order valence-corrected chi connectivity index (χ4v) is 3.11. The molecule has 1 aliphatic rings. The second-order valence-electron chi connectivity index (χ2n) is 5.95. The van der Waals surface area contributed by atoms with Gasteiger partial charge >= 0.3 is 0 Å². The zero-order chi connectivity index (χ0) is 13.1. The smallest absolute Gasteiger partial charge is 0.123 e. The second kappa shape index (κ2) is 5.83. The van der Waals surface area contributed by atoms with Gasteiger partial charge in [-0.1, -0.05) is 26.0 Å². The third-order valence-electron chi connectivity index (χ3n) is 4.24. The predicted octanol–water partition coefficient (Wildman–Crippen LogP) is 4.30. The maximum absolute atomic E-state index is 13.2. The fraction of sp³-hybridized carbons (Fsp3) is 0.625. The van der Waals surface area contributed by atoms with Crippen LogP contribution in [0.5, 0.6) is 0 Å². The molecule has 1 aromatic rings. The van der Waals surface area contributed by atoms with Gasteiger partial charge in [-0.3, -0.25) is 0 Å². The molecule has 1 aliphatic carbocycles. The topological polar surface area (TPSA) is 12.0 Å². The Bertz CT molecular complexity index is 390. The van der Waals surface area contributed by atoms with Crippen molar-refractivity contribution in [3.05, 3.63) is 35.6 Å². The highest BCUT2D eigenvalue weighted by Gasteiger charge is 2.26. The molecule has 4 atom stereocenters. The zero-order valence-corrected chi connectivity index (χ0v) is 11.6. The van der Waals surface area contributed by atoms with Gasteiger partial charge in [0.05, 0.1) is 0 Å². The normalized spacial score (nSPS) is 30.1. The molecule has 0 saturated heterocycles. The lowest BCUT2D eigenvalue weighted by molar-refractivity contribution is 0.216. The van der Waals surface area contributed by atoms with Crippen molar-refractivity contribution in [3.63, 3.8) is 0 Å². The quantitative estimate of drug-likeness (QED) is 0.842. The molecule has 1 aromatic carbocycles. The summed E-state index contributed by atoms with van der Waals surface area (Å²) in [7, 11) is 0. The molecule has 0 heterocycles. The third-order valence-corrected chi connectivity index (χ3v) is 4.24. The van der Waals surface area contributed by atoms with Crippen LogP contribution in [0.4, 0.5) is 4.39 Å². The monoisotopic (exact) mass is 249 g/mol. The van der Waals surface area contributed by atoms with Crippen LogP contribution in [0.1, 0.15) is 51.6 Å². The van der Waals surface area contributed by atoms with E-state index in [2.05, 4.69) is 26.1 Å². The van der Waals surface area contributed by atoms with Crippen molar-refractivity contribution in [1.29, 1.82) is 0 Å². The van der Waals surface area contributed by atoms with Gasteiger partial charge in [0.15, 0.2) is 0 Å². The minimum absolute atomic E-state index is 0.147. The van der Waals surface area contributed by atoms with Gasteiger partial charge in [0.25, 0.3) is 0 Å². The molecule has 1 N–H and O–H groups in total. The first-order chi connectivity index (χ1) is 8.56. The largest absolute Gasteiger partial charge is 0.307 e. The Labute approximate surface area is 110 Å². The van der Waals surface area contributed by atoms with E-state index < -0.39 is 0 Å². The maximum Gasteiger partial charge on any atom is 0.123 e. The fourth-order valence-electron chi connectivity index (χ4n) is 3.11. The number of hydrogen-bond donors (Lipinski definition) is 1. The number of nitrogens with one attached hydrogen (secondary N) is 1. The lowest BCUT2D eigenvalue weighted by Crippen LogP contribution is -2.40. The van der Waals surface area contributed by atoms with Crippen LogP contribution in [0, 0.1) is 17.7 Å². The van der Waals surface area contributed by atoms with Gasteiger partial charge in [0.2, 0.25) is 0 Å². The average molecular weight is 249 g/mol. The number of hydrogen-bond acceptors (Lipinski definition) is 1. The lowest BCUT2D eigenvalue weighted by Gasteiger charge is -2.35. The van der Waals surface area contributed by atoms with E-state index in [1.165, 1.54) is 25.3 Å². The summed E-state index contributed by atoms with van der Waals surface area (Å²) in [6, 6.07) is 7.71. The Morgan fingerprint density at radius 2 is 2.06 bits per heavy atom. The van der Waals surface area contributed by atoms with Crippen molar-refractivity contribution in [2.24, 2.45) is 11.8 Å². The molecule has 0 aromatic heterocycles. The minimum Gasteiger partial charge on any atom is -0.307 e. The molecule has 0 amide bonds. The molecule has 18 heavy (non-hydrogen) atoms. The van der Waals surface area contributed by atoms with Crippen LogP contribution < -0.4 is 5.32 Å². The average Bonchev–Trinajstić information content (AvgIpc) is 2.32. The molecule has 2 heteroatoms. The first-order valence-corrected chi connectivity index (χ1v) is 7.07. The van der Waals surface area contributed by atoms with Crippen molar-refractivity contribution < 1.29 is 4.39 Å². The standard InChI is InChI=1S/C16H24FN/c1-11-7-8-16(12(2)9-11)18-13(3)14-5-4-6-15(17)10-14/h4-6,10-13,16,18H,7-9H2,1-3H3/t11?,12?,13-,16?/m0/s1. The molecule has 0 bridgehead atoms. The van der Waals surface area contributed by atoms with E-state index in [1.54, 1.807) is 12.1 Å². The summed E-state index contributed by atoms with van der Waals surface area (Å²) in [5, 5.41) is 3.67. The van der Waals surface area contributed by atoms with E-state index in [9.17, 15) is 4.39 Å². The Balaban J connectivity index is 1.97. The Morgan fingerprint density at radius 1 is 1.28 bits per heavy atom. The van der Waals surface area contributed by atoms with Crippen LogP contribution in [0.2, 0.25) is 0 Å². The van der Waals surface area contributed by atoms with Crippen LogP contribution >= 0.6 is 0 Å². The van der Waals surface area contributed by atoms with E-state index in [0.29, 0.717) is 12.0 Å². The van der Waals surface area contributed by atoms with Crippen molar-refractivity contribution in [2.75, 3.05) is 0 Å². The first-order valence-electron chi connectivity index (χ1n) is 7.07. The highest BCUT2D eigenvalue weighted by molar-refractivity contribution is 5.19. The van der Waals surface area contributed by atoms with Gasteiger partial charge in [0.1, 0.15) is 5.82 Å². The summed E-state index contributed by atoms with van der Waals surface area (Å²) in [6.45, 7) is 6.79. The first kappa shape index (κ1) is 13.5. The van der Waals surface area contributed by atoms with Crippen molar-refractivity contribution in [1.82, 2.24) is 5.32 Å². The molecule has 1 fully saturated rings. The molecule has 1 nitrogen and oxygen atoms in total. The van der Waals surface area contributed by atoms with E-state index in [0.717, 1.165) is 11.5 Å². The second-order valence-corrected chi connectivity index (χ2v) is 5.95. The van der Waals surface area contributed by atoms with Gasteiger partial charge in [0, 0.05) is 12.1 Å². The molecule has 100 valence electrons. The van der Waals surface area contributed by atoms with Crippen LogP contribution in [-0.4, -0.2) is 6.04 Å². The van der Waals surface area contributed by atoms with Crippen molar-refractivity contribution in [2.45, 2.75) is 52.1 Å². The summed E-state index contributed by atoms with van der Waals surface area (Å²) >= 11 is 0. The Kier molecular flexibility index (Phi) is 4.39. The molecule has 0 spiro atoms. The summed E-state index contributed by atoms with van der Waals surface area (Å²) in [4.78, 5) is 0. The lowest BCUT2D eigenvalue weighted by atomic mass is 9.79. The zero-order valence-electron chi connectivity index (χ0n) is 11.6. The van der Waals surface area contributed by atoms with Crippen molar-refractivity contribution in [3.8, 4) is 0 Å². The van der Waals surface area contributed by atoms with E-state index in [1.807, 2.05) is 6.07 Å². The minimum atomic E-state index is -0.147. The Morgan fingerprint density at radius 3 is 2.72 bits per heavy atom. The van der Waals surface area contributed by atoms with Gasteiger partial charge in [-0.2, -0.15) is 0 Å². The van der Waals surface area contributed by atoms with Gasteiger partial charge in [-0.25, -0.2) is 4.39 Å². The van der Waals surface area contributed by atoms with Crippen LogP contribution in [-0.2, 0) is 0 Å². The number of halogens is 1. The predicted molar refractivity (Wildman–Crippen MR) is 73.9 cm³/mol. The van der Waals surface area contributed by atoms with E-state index in [4.69, 9.17) is 0 Å². The van der Waals surface area contributed by atoms with Crippen LogP contribution in [0.15, 0.2) is 24.3 Å².